The first-order chi connectivity index (χ1) is 9.02. The minimum Gasteiger partial charge on any atom is -0.480 e. The van der Waals surface area contributed by atoms with Crippen LogP contribution < -0.4 is 5.32 Å². The van der Waals surface area contributed by atoms with E-state index in [2.05, 4.69) is 26.1 Å². The van der Waals surface area contributed by atoms with E-state index in [1.54, 1.807) is 11.8 Å². The van der Waals surface area contributed by atoms with Gasteiger partial charge in [-0.3, -0.25) is 0 Å². The highest BCUT2D eigenvalue weighted by Crippen LogP contribution is 2.27. The minimum absolute atomic E-state index is 0.0979. The average Bonchev–Trinajstić information content (AvgIpc) is 2.24. The fourth-order valence-electron chi connectivity index (χ4n) is 2.78. The molecule has 0 aromatic heterocycles. The van der Waals surface area contributed by atoms with Gasteiger partial charge in [0.2, 0.25) is 0 Å². The molecule has 1 aliphatic rings. The molecule has 0 aromatic rings. The molecule has 2 amide bonds. The Labute approximate surface area is 125 Å². The molecule has 1 saturated heterocycles. The maximum Gasteiger partial charge on any atom is 0.327 e. The van der Waals surface area contributed by atoms with Crippen LogP contribution in [0.3, 0.4) is 0 Å². The van der Waals surface area contributed by atoms with Crippen LogP contribution in [0.25, 0.3) is 0 Å². The van der Waals surface area contributed by atoms with Crippen LogP contribution in [-0.4, -0.2) is 51.6 Å². The number of nitrogens with zero attached hydrogens (tertiary/aromatic N) is 1. The molecule has 1 aliphatic heterocycles. The number of nitrogens with one attached hydrogen (secondary N) is 1. The number of hydrogen-bond donors (Lipinski definition) is 2. The van der Waals surface area contributed by atoms with Crippen LogP contribution in [0.4, 0.5) is 4.79 Å². The molecule has 0 spiro atoms. The third kappa shape index (κ3) is 5.23. The Bertz CT molecular complexity index is 377. The molecule has 2 N–H and O–H groups in total. The summed E-state index contributed by atoms with van der Waals surface area (Å²) in [6.45, 7) is 10.8. The lowest BCUT2D eigenvalue weighted by atomic mass is 9.82. The van der Waals surface area contributed by atoms with Crippen LogP contribution in [-0.2, 0) is 4.79 Å². The third-order valence-electron chi connectivity index (χ3n) is 3.09. The number of carboxylic acids is 1. The van der Waals surface area contributed by atoms with E-state index < -0.39 is 12.0 Å². The van der Waals surface area contributed by atoms with Gasteiger partial charge in [-0.2, -0.15) is 11.8 Å². The topological polar surface area (TPSA) is 69.6 Å². The Morgan fingerprint density at radius 2 is 1.90 bits per heavy atom. The maximum absolute atomic E-state index is 12.4. The van der Waals surface area contributed by atoms with Crippen molar-refractivity contribution in [3.05, 3.63) is 0 Å². The molecule has 1 fully saturated rings. The molecular formula is C14H26N2O3S. The van der Waals surface area contributed by atoms with Crippen LogP contribution in [0, 0.1) is 5.41 Å². The Kier molecular flexibility index (Phi) is 5.35. The van der Waals surface area contributed by atoms with Crippen LogP contribution in [0.2, 0.25) is 0 Å². The summed E-state index contributed by atoms with van der Waals surface area (Å²) >= 11 is 1.58. The quantitative estimate of drug-likeness (QED) is 0.840. The van der Waals surface area contributed by atoms with Crippen molar-refractivity contribution in [1.82, 2.24) is 10.2 Å². The first-order valence-electron chi connectivity index (χ1n) is 6.91. The van der Waals surface area contributed by atoms with Gasteiger partial charge in [0.1, 0.15) is 6.04 Å². The predicted molar refractivity (Wildman–Crippen MR) is 82.1 cm³/mol. The highest BCUT2D eigenvalue weighted by Gasteiger charge is 2.35. The summed E-state index contributed by atoms with van der Waals surface area (Å²) < 4.78 is 0. The van der Waals surface area contributed by atoms with Gasteiger partial charge in [-0.15, -0.1) is 0 Å². The Hall–Kier alpha value is -0.910. The summed E-state index contributed by atoms with van der Waals surface area (Å²) in [4.78, 5) is 25.0. The molecule has 5 nitrogen and oxygen atoms in total. The second-order valence-corrected chi connectivity index (χ2v) is 8.32. The highest BCUT2D eigenvalue weighted by atomic mass is 32.2. The molecule has 0 saturated carbocycles. The van der Waals surface area contributed by atoms with Crippen molar-refractivity contribution >= 4 is 23.8 Å². The van der Waals surface area contributed by atoms with E-state index in [4.69, 9.17) is 0 Å². The number of carbonyl (C=O) groups excluding carboxylic acids is 1. The molecule has 1 unspecified atom stereocenters. The summed E-state index contributed by atoms with van der Waals surface area (Å²) in [5, 5.41) is 12.2. The summed E-state index contributed by atoms with van der Waals surface area (Å²) in [5.74, 6) is 0.320. The second-order valence-electron chi connectivity index (χ2n) is 7.17. The van der Waals surface area contributed by atoms with Crippen molar-refractivity contribution < 1.29 is 14.7 Å². The number of rotatable bonds is 3. The Morgan fingerprint density at radius 1 is 1.30 bits per heavy atom. The number of thioether (sulfide) groups is 1. The lowest BCUT2D eigenvalue weighted by Crippen LogP contribution is -2.58. The molecule has 0 bridgehead atoms. The van der Waals surface area contributed by atoms with E-state index in [1.807, 2.05) is 13.8 Å². The molecule has 1 atom stereocenters. The van der Waals surface area contributed by atoms with Gasteiger partial charge in [-0.25, -0.2) is 9.59 Å². The minimum atomic E-state index is -0.930. The molecule has 116 valence electrons. The van der Waals surface area contributed by atoms with Gasteiger partial charge < -0.3 is 15.3 Å². The Balaban J connectivity index is 2.71. The number of aliphatic carboxylic acids is 1. The third-order valence-corrected chi connectivity index (χ3v) is 4.11. The first-order valence-corrected chi connectivity index (χ1v) is 8.07. The van der Waals surface area contributed by atoms with Crippen molar-refractivity contribution in [3.8, 4) is 0 Å². The van der Waals surface area contributed by atoms with Crippen molar-refractivity contribution in [2.75, 3.05) is 18.1 Å². The number of carbonyl (C=O) groups is 2. The standard InChI is InChI=1S/C14H26N2O3S/c1-13(2,3)9-14(4,5)15-12(19)16-6-7-20-8-10(16)11(17)18/h10H,6-9H2,1-5H3,(H,15,19)(H,17,18). The van der Waals surface area contributed by atoms with Gasteiger partial charge in [-0.1, -0.05) is 20.8 Å². The maximum atomic E-state index is 12.4. The normalized spacial score (nSPS) is 20.6. The number of urea groups is 1. The molecule has 1 rings (SSSR count). The largest absolute Gasteiger partial charge is 0.480 e. The lowest BCUT2D eigenvalue weighted by molar-refractivity contribution is -0.141. The molecule has 0 aliphatic carbocycles. The van der Waals surface area contributed by atoms with Crippen LogP contribution in [0.5, 0.6) is 0 Å². The molecule has 1 heterocycles. The van der Waals surface area contributed by atoms with Gasteiger partial charge in [0.15, 0.2) is 0 Å². The van der Waals surface area contributed by atoms with E-state index in [9.17, 15) is 14.7 Å². The Morgan fingerprint density at radius 3 is 2.40 bits per heavy atom. The smallest absolute Gasteiger partial charge is 0.327 e. The van der Waals surface area contributed by atoms with Crippen molar-refractivity contribution in [2.45, 2.75) is 52.6 Å². The van der Waals surface area contributed by atoms with Crippen molar-refractivity contribution in [2.24, 2.45) is 5.41 Å². The lowest BCUT2D eigenvalue weighted by Gasteiger charge is -2.38. The number of hydrogen-bond acceptors (Lipinski definition) is 3. The van der Waals surface area contributed by atoms with Crippen LogP contribution in [0.15, 0.2) is 0 Å². The summed E-state index contributed by atoms with van der Waals surface area (Å²) in [6.07, 6.45) is 0.825. The summed E-state index contributed by atoms with van der Waals surface area (Å²) in [7, 11) is 0. The fraction of sp³-hybridized carbons (Fsp3) is 0.857. The van der Waals surface area contributed by atoms with Crippen molar-refractivity contribution in [3.63, 3.8) is 0 Å². The van der Waals surface area contributed by atoms with Gasteiger partial charge in [0.25, 0.3) is 0 Å². The van der Waals surface area contributed by atoms with E-state index in [1.165, 1.54) is 4.90 Å². The first kappa shape index (κ1) is 17.1. The molecule has 0 aromatic carbocycles. The van der Waals surface area contributed by atoms with E-state index in [-0.39, 0.29) is 17.0 Å². The number of amides is 2. The zero-order valence-corrected chi connectivity index (χ0v) is 13.8. The van der Waals surface area contributed by atoms with Crippen LogP contribution >= 0.6 is 11.8 Å². The fourth-order valence-corrected chi connectivity index (χ4v) is 3.82. The highest BCUT2D eigenvalue weighted by molar-refractivity contribution is 7.99. The summed E-state index contributed by atoms with van der Waals surface area (Å²) in [5.41, 5.74) is -0.260. The van der Waals surface area contributed by atoms with E-state index in [0.29, 0.717) is 12.3 Å². The monoisotopic (exact) mass is 302 g/mol. The summed E-state index contributed by atoms with van der Waals surface area (Å²) in [6, 6.07) is -0.994. The number of carboxylic acid groups (broad SMARTS) is 1. The van der Waals surface area contributed by atoms with E-state index in [0.717, 1.165) is 12.2 Å². The predicted octanol–water partition coefficient (Wildman–Crippen LogP) is 2.41. The van der Waals surface area contributed by atoms with Gasteiger partial charge in [-0.05, 0) is 25.7 Å². The molecule has 0 radical (unpaired) electrons. The average molecular weight is 302 g/mol. The molecule has 20 heavy (non-hydrogen) atoms. The SMILES string of the molecule is CC(C)(C)CC(C)(C)NC(=O)N1CCSCC1C(=O)O. The van der Waals surface area contributed by atoms with Crippen molar-refractivity contribution in [1.29, 1.82) is 0 Å². The van der Waals surface area contributed by atoms with Gasteiger partial charge in [0, 0.05) is 23.6 Å². The van der Waals surface area contributed by atoms with Crippen LogP contribution in [0.1, 0.15) is 41.0 Å². The second kappa shape index (κ2) is 6.24. The molecular weight excluding hydrogens is 276 g/mol. The molecule has 6 heteroatoms. The van der Waals surface area contributed by atoms with Gasteiger partial charge in [0.05, 0.1) is 0 Å². The van der Waals surface area contributed by atoms with Gasteiger partial charge >= 0.3 is 12.0 Å². The zero-order valence-electron chi connectivity index (χ0n) is 13.0. The zero-order chi connectivity index (χ0) is 15.6. The van der Waals surface area contributed by atoms with E-state index >= 15 is 0 Å².